The Hall–Kier alpha value is -1.39. The van der Waals surface area contributed by atoms with Crippen LogP contribution in [-0.2, 0) is 9.53 Å². The maximum absolute atomic E-state index is 12.0. The fourth-order valence-corrected chi connectivity index (χ4v) is 2.77. The molecule has 116 valence electrons. The minimum Gasteiger partial charge on any atom is -0.373 e. The molecule has 1 aromatic rings. The van der Waals surface area contributed by atoms with E-state index in [-0.39, 0.29) is 18.1 Å². The Morgan fingerprint density at radius 2 is 1.90 bits per heavy atom. The molecule has 2 atom stereocenters. The topological polar surface area (TPSA) is 41.6 Å². The van der Waals surface area contributed by atoms with Crippen LogP contribution in [0.3, 0.4) is 0 Å². The van der Waals surface area contributed by atoms with Crippen molar-refractivity contribution in [3.63, 3.8) is 0 Å². The maximum Gasteiger partial charge on any atom is 0.225 e. The van der Waals surface area contributed by atoms with Gasteiger partial charge in [0.15, 0.2) is 0 Å². The van der Waals surface area contributed by atoms with Crippen molar-refractivity contribution in [1.82, 2.24) is 4.90 Å². The zero-order valence-electron chi connectivity index (χ0n) is 13.5. The molecule has 4 heteroatoms. The standard InChI is InChI=1S/C17H26N2O2/c1-12-5-6-16(9-13(12)2)18-17(20)7-8-19-10-14(3)21-15(4)11-19/h5-6,9,14-15H,7-8,10-11H2,1-4H3,(H,18,20)/t14-,15+. The Morgan fingerprint density at radius 1 is 1.24 bits per heavy atom. The molecule has 1 amide bonds. The molecule has 21 heavy (non-hydrogen) atoms. The minimum atomic E-state index is 0.0741. The monoisotopic (exact) mass is 290 g/mol. The Balaban J connectivity index is 1.80. The van der Waals surface area contributed by atoms with E-state index in [1.165, 1.54) is 11.1 Å². The Bertz CT molecular complexity index is 492. The first-order chi connectivity index (χ1) is 9.94. The number of rotatable bonds is 4. The van der Waals surface area contributed by atoms with Crippen LogP contribution in [0.1, 0.15) is 31.4 Å². The van der Waals surface area contributed by atoms with Gasteiger partial charge in [0, 0.05) is 31.7 Å². The zero-order valence-corrected chi connectivity index (χ0v) is 13.5. The lowest BCUT2D eigenvalue weighted by atomic mass is 10.1. The molecule has 1 heterocycles. The number of aryl methyl sites for hydroxylation is 2. The summed E-state index contributed by atoms with van der Waals surface area (Å²) in [5.41, 5.74) is 3.32. The van der Waals surface area contributed by atoms with E-state index < -0.39 is 0 Å². The van der Waals surface area contributed by atoms with Gasteiger partial charge < -0.3 is 10.1 Å². The van der Waals surface area contributed by atoms with Gasteiger partial charge in [0.25, 0.3) is 0 Å². The molecule has 0 bridgehead atoms. The molecule has 0 unspecified atom stereocenters. The van der Waals surface area contributed by atoms with Crippen molar-refractivity contribution in [3.8, 4) is 0 Å². The molecule has 1 aliphatic heterocycles. The summed E-state index contributed by atoms with van der Waals surface area (Å²) < 4.78 is 5.70. The van der Waals surface area contributed by atoms with Gasteiger partial charge in [-0.3, -0.25) is 9.69 Å². The summed E-state index contributed by atoms with van der Waals surface area (Å²) in [7, 11) is 0. The summed E-state index contributed by atoms with van der Waals surface area (Å²) in [5, 5.41) is 2.98. The van der Waals surface area contributed by atoms with Gasteiger partial charge in [-0.2, -0.15) is 0 Å². The van der Waals surface area contributed by atoms with E-state index in [0.29, 0.717) is 6.42 Å². The number of morpholine rings is 1. The van der Waals surface area contributed by atoms with Crippen molar-refractivity contribution < 1.29 is 9.53 Å². The second-order valence-electron chi connectivity index (χ2n) is 6.11. The molecule has 0 spiro atoms. The lowest BCUT2D eigenvalue weighted by Gasteiger charge is -2.35. The third kappa shape index (κ3) is 4.83. The number of nitrogens with zero attached hydrogens (tertiary/aromatic N) is 1. The van der Waals surface area contributed by atoms with Gasteiger partial charge in [-0.15, -0.1) is 0 Å². The van der Waals surface area contributed by atoms with Crippen LogP contribution in [0.4, 0.5) is 5.69 Å². The van der Waals surface area contributed by atoms with Crippen molar-refractivity contribution in [3.05, 3.63) is 29.3 Å². The van der Waals surface area contributed by atoms with Crippen molar-refractivity contribution in [2.45, 2.75) is 46.3 Å². The molecule has 0 radical (unpaired) electrons. The number of hydrogen-bond acceptors (Lipinski definition) is 3. The summed E-state index contributed by atoms with van der Waals surface area (Å²) in [4.78, 5) is 14.3. The highest BCUT2D eigenvalue weighted by Crippen LogP contribution is 2.15. The van der Waals surface area contributed by atoms with E-state index in [1.807, 2.05) is 18.2 Å². The first-order valence-electron chi connectivity index (χ1n) is 7.69. The molecule has 4 nitrogen and oxygen atoms in total. The van der Waals surface area contributed by atoms with Crippen LogP contribution in [-0.4, -0.2) is 42.6 Å². The predicted octanol–water partition coefficient (Wildman–Crippen LogP) is 2.74. The van der Waals surface area contributed by atoms with Crippen LogP contribution >= 0.6 is 0 Å². The lowest BCUT2D eigenvalue weighted by Crippen LogP contribution is -2.46. The Kier molecular flexibility index (Phi) is 5.37. The zero-order chi connectivity index (χ0) is 15.4. The fraction of sp³-hybridized carbons (Fsp3) is 0.588. The second kappa shape index (κ2) is 7.05. The van der Waals surface area contributed by atoms with Gasteiger partial charge in [0.1, 0.15) is 0 Å². The number of carbonyl (C=O) groups excluding carboxylic acids is 1. The van der Waals surface area contributed by atoms with Gasteiger partial charge in [0.05, 0.1) is 12.2 Å². The number of amides is 1. The third-order valence-corrected chi connectivity index (χ3v) is 3.94. The summed E-state index contributed by atoms with van der Waals surface area (Å²) in [5.74, 6) is 0.0741. The number of nitrogens with one attached hydrogen (secondary N) is 1. The number of ether oxygens (including phenoxy) is 1. The van der Waals surface area contributed by atoms with E-state index >= 15 is 0 Å². The normalized spacial score (nSPS) is 23.0. The third-order valence-electron chi connectivity index (χ3n) is 3.94. The highest BCUT2D eigenvalue weighted by molar-refractivity contribution is 5.90. The average molecular weight is 290 g/mol. The van der Waals surface area contributed by atoms with E-state index in [1.54, 1.807) is 0 Å². The molecule has 2 rings (SSSR count). The number of benzene rings is 1. The first-order valence-corrected chi connectivity index (χ1v) is 7.69. The number of carbonyl (C=O) groups is 1. The maximum atomic E-state index is 12.0. The molecular formula is C17H26N2O2. The highest BCUT2D eigenvalue weighted by Gasteiger charge is 2.22. The smallest absolute Gasteiger partial charge is 0.225 e. The summed E-state index contributed by atoms with van der Waals surface area (Å²) in [6.45, 7) is 10.9. The molecule has 0 saturated carbocycles. The van der Waals surface area contributed by atoms with Crippen molar-refractivity contribution in [1.29, 1.82) is 0 Å². The lowest BCUT2D eigenvalue weighted by molar-refractivity contribution is -0.117. The molecular weight excluding hydrogens is 264 g/mol. The van der Waals surface area contributed by atoms with Crippen LogP contribution in [0.5, 0.6) is 0 Å². The highest BCUT2D eigenvalue weighted by atomic mass is 16.5. The molecule has 1 aliphatic rings. The first kappa shape index (κ1) is 16.0. The molecule has 0 aliphatic carbocycles. The van der Waals surface area contributed by atoms with Crippen molar-refractivity contribution in [2.75, 3.05) is 25.0 Å². The SMILES string of the molecule is Cc1ccc(NC(=O)CCN2C[C@@H](C)O[C@@H](C)C2)cc1C. The molecule has 1 saturated heterocycles. The summed E-state index contributed by atoms with van der Waals surface area (Å²) in [6, 6.07) is 6.02. The summed E-state index contributed by atoms with van der Waals surface area (Å²) >= 11 is 0. The molecule has 1 aromatic carbocycles. The van der Waals surface area contributed by atoms with Crippen LogP contribution in [0.2, 0.25) is 0 Å². The van der Waals surface area contributed by atoms with Crippen LogP contribution in [0.15, 0.2) is 18.2 Å². The second-order valence-corrected chi connectivity index (χ2v) is 6.11. The Morgan fingerprint density at radius 3 is 2.52 bits per heavy atom. The van der Waals surface area contributed by atoms with E-state index in [9.17, 15) is 4.79 Å². The quantitative estimate of drug-likeness (QED) is 0.927. The van der Waals surface area contributed by atoms with Crippen molar-refractivity contribution in [2.24, 2.45) is 0 Å². The molecule has 0 aromatic heterocycles. The fourth-order valence-electron chi connectivity index (χ4n) is 2.77. The van der Waals surface area contributed by atoms with Gasteiger partial charge in [-0.25, -0.2) is 0 Å². The summed E-state index contributed by atoms with van der Waals surface area (Å²) in [6.07, 6.45) is 1.01. The van der Waals surface area contributed by atoms with Crippen molar-refractivity contribution >= 4 is 11.6 Å². The van der Waals surface area contributed by atoms with Gasteiger partial charge >= 0.3 is 0 Å². The van der Waals surface area contributed by atoms with Crippen LogP contribution in [0.25, 0.3) is 0 Å². The van der Waals surface area contributed by atoms with Crippen LogP contribution < -0.4 is 5.32 Å². The van der Waals surface area contributed by atoms with E-state index in [0.717, 1.165) is 25.3 Å². The minimum absolute atomic E-state index is 0.0741. The predicted molar refractivity (Wildman–Crippen MR) is 85.6 cm³/mol. The van der Waals surface area contributed by atoms with Crippen LogP contribution in [0, 0.1) is 13.8 Å². The van der Waals surface area contributed by atoms with E-state index in [2.05, 4.69) is 37.9 Å². The molecule has 1 fully saturated rings. The average Bonchev–Trinajstić information content (AvgIpc) is 2.40. The largest absolute Gasteiger partial charge is 0.373 e. The van der Waals surface area contributed by atoms with Gasteiger partial charge in [-0.05, 0) is 51.0 Å². The Labute approximate surface area is 127 Å². The number of anilines is 1. The molecule has 1 N–H and O–H groups in total. The van der Waals surface area contributed by atoms with Gasteiger partial charge in [0.2, 0.25) is 5.91 Å². The number of hydrogen-bond donors (Lipinski definition) is 1. The van der Waals surface area contributed by atoms with E-state index in [4.69, 9.17) is 4.74 Å². The van der Waals surface area contributed by atoms with Gasteiger partial charge in [-0.1, -0.05) is 6.07 Å².